The minimum atomic E-state index is -0.241. The first-order valence-electron chi connectivity index (χ1n) is 8.80. The van der Waals surface area contributed by atoms with Gasteiger partial charge in [-0.3, -0.25) is 0 Å². The number of halogens is 2. The quantitative estimate of drug-likeness (QED) is 0.119. The molecule has 2 aliphatic heterocycles. The van der Waals surface area contributed by atoms with Gasteiger partial charge in [-0.2, -0.15) is 50.5 Å². The number of alkyl halides is 2. The Labute approximate surface area is 230 Å². The van der Waals surface area contributed by atoms with Gasteiger partial charge in [0.2, 0.25) is 0 Å². The van der Waals surface area contributed by atoms with Gasteiger partial charge in [0, 0.05) is 34.5 Å². The van der Waals surface area contributed by atoms with Gasteiger partial charge in [0.05, 0.1) is 12.7 Å². The largest absolute Gasteiger partial charge is 0.179 e. The molecule has 2 rings (SSSR count). The van der Waals surface area contributed by atoms with E-state index in [4.69, 9.17) is 23.2 Å². The Kier molecular flexibility index (Phi) is 22.2. The van der Waals surface area contributed by atoms with E-state index in [2.05, 4.69) is 111 Å². The summed E-state index contributed by atoms with van der Waals surface area (Å²) in [5.41, 5.74) is 0. The molecule has 0 aromatic rings. The molecule has 170 valence electrons. The van der Waals surface area contributed by atoms with E-state index in [1.54, 1.807) is 0 Å². The van der Waals surface area contributed by atoms with Crippen LogP contribution < -0.4 is 0 Å². The summed E-state index contributed by atoms with van der Waals surface area (Å²) in [4.78, 5) is -0.241. The van der Waals surface area contributed by atoms with Crippen molar-refractivity contribution in [1.29, 1.82) is 0 Å². The molecule has 0 spiro atoms. The average molecular weight is 616 g/mol. The fraction of sp³-hybridized carbons (Fsp3) is 1.00. The Bertz CT molecular complexity index is 353. The summed E-state index contributed by atoms with van der Waals surface area (Å²) in [6, 6.07) is 0. The minimum Gasteiger partial charge on any atom is -0.179 e. The average Bonchev–Trinajstić information content (AvgIpc) is 3.32. The van der Waals surface area contributed by atoms with Crippen molar-refractivity contribution in [3.8, 4) is 0 Å². The van der Waals surface area contributed by atoms with Crippen LogP contribution in [-0.2, 0) is 0 Å². The molecule has 0 bridgehead atoms. The molecule has 0 aromatic heterocycles. The van der Waals surface area contributed by atoms with E-state index < -0.39 is 0 Å². The summed E-state index contributed by atoms with van der Waals surface area (Å²) >= 11 is 39.9. The number of thioether (sulfide) groups is 6. The predicted molar refractivity (Wildman–Crippen MR) is 166 cm³/mol. The van der Waals surface area contributed by atoms with Crippen LogP contribution in [0.1, 0.15) is 13.8 Å². The summed E-state index contributed by atoms with van der Waals surface area (Å²) in [7, 11) is 0. The molecule has 2 heterocycles. The molecule has 28 heavy (non-hydrogen) atoms. The second kappa shape index (κ2) is 19.4. The molecule has 0 radical (unpaired) electrons. The fourth-order valence-corrected chi connectivity index (χ4v) is 12.4. The standard InChI is InChI=1S/C9H18S6.C5H8Cl2S2.C2H6S2/c1-9(14-6-7-15-9)8(12-4-2-10)13-5-3-11;1-5(4(6)7)8-2-3-9-5;3-1-2-4/h8,10-11H,2-7H2,1H3;4H,2-3H2,1H3;3-4H,1-2H2. The molecule has 2 aliphatic rings. The maximum absolute atomic E-state index is 5.75. The first-order valence-corrected chi connectivity index (χ1v) is 18.2. The molecule has 0 saturated carbocycles. The van der Waals surface area contributed by atoms with E-state index in [9.17, 15) is 0 Å². The lowest BCUT2D eigenvalue weighted by molar-refractivity contribution is 0.994. The zero-order valence-electron chi connectivity index (χ0n) is 16.2. The Morgan fingerprint density at radius 2 is 1.07 bits per heavy atom. The highest BCUT2D eigenvalue weighted by Gasteiger charge is 2.39. The van der Waals surface area contributed by atoms with Gasteiger partial charge in [0.1, 0.15) is 4.84 Å². The molecular formula is C16H32Cl2S10. The molecule has 0 N–H and O–H groups in total. The van der Waals surface area contributed by atoms with Crippen LogP contribution in [-0.4, -0.2) is 75.1 Å². The van der Waals surface area contributed by atoms with Gasteiger partial charge >= 0.3 is 0 Å². The third kappa shape index (κ3) is 13.7. The van der Waals surface area contributed by atoms with Crippen LogP contribution in [0, 0.1) is 0 Å². The van der Waals surface area contributed by atoms with Gasteiger partial charge in [-0.05, 0) is 36.9 Å². The normalized spacial score (nSPS) is 19.9. The lowest BCUT2D eigenvalue weighted by atomic mass is 10.5. The molecule has 0 nitrogen and oxygen atoms in total. The third-order valence-corrected chi connectivity index (χ3v) is 17.3. The third-order valence-electron chi connectivity index (χ3n) is 3.37. The molecule has 0 aliphatic carbocycles. The maximum Gasteiger partial charge on any atom is 0.131 e. The van der Waals surface area contributed by atoms with E-state index >= 15 is 0 Å². The van der Waals surface area contributed by atoms with Crippen molar-refractivity contribution in [2.24, 2.45) is 0 Å². The van der Waals surface area contributed by atoms with E-state index in [0.717, 1.165) is 34.5 Å². The highest BCUT2D eigenvalue weighted by Crippen LogP contribution is 2.53. The van der Waals surface area contributed by atoms with Crippen LogP contribution in [0.25, 0.3) is 0 Å². The summed E-state index contributed by atoms with van der Waals surface area (Å²) in [6.45, 7) is 4.50. The van der Waals surface area contributed by atoms with Crippen molar-refractivity contribution >= 4 is 144 Å². The first kappa shape index (κ1) is 32.1. The van der Waals surface area contributed by atoms with Gasteiger partial charge in [-0.15, -0.1) is 93.8 Å². The van der Waals surface area contributed by atoms with Crippen LogP contribution in [0.2, 0.25) is 0 Å². The maximum atomic E-state index is 5.75. The van der Waals surface area contributed by atoms with Crippen molar-refractivity contribution in [3.63, 3.8) is 0 Å². The van der Waals surface area contributed by atoms with Crippen LogP contribution in [0.15, 0.2) is 0 Å². The molecule has 0 aromatic carbocycles. The first-order chi connectivity index (χ1) is 13.3. The number of thiol groups is 4. The van der Waals surface area contributed by atoms with Gasteiger partial charge in [0.25, 0.3) is 0 Å². The Morgan fingerprint density at radius 1 is 0.714 bits per heavy atom. The molecule has 12 heteroatoms. The van der Waals surface area contributed by atoms with Crippen molar-refractivity contribution in [2.75, 3.05) is 57.5 Å². The highest BCUT2D eigenvalue weighted by atomic mass is 35.5. The zero-order valence-corrected chi connectivity index (χ0v) is 26.2. The Balaban J connectivity index is 0.000000473. The zero-order chi connectivity index (χ0) is 21.5. The van der Waals surface area contributed by atoms with Crippen LogP contribution >= 0.6 is 144 Å². The van der Waals surface area contributed by atoms with Crippen molar-refractivity contribution in [3.05, 3.63) is 0 Å². The van der Waals surface area contributed by atoms with E-state index in [0.29, 0.717) is 8.66 Å². The van der Waals surface area contributed by atoms with E-state index in [-0.39, 0.29) is 8.92 Å². The van der Waals surface area contributed by atoms with Gasteiger partial charge in [-0.1, -0.05) is 0 Å². The second-order valence-corrected chi connectivity index (χ2v) is 18.0. The number of hydrogen-bond acceptors (Lipinski definition) is 10. The van der Waals surface area contributed by atoms with Crippen LogP contribution in [0.3, 0.4) is 0 Å². The van der Waals surface area contributed by atoms with Crippen molar-refractivity contribution in [2.45, 2.75) is 31.4 Å². The summed E-state index contributed by atoms with van der Waals surface area (Å²) in [6.07, 6.45) is 0. The summed E-state index contributed by atoms with van der Waals surface area (Å²) < 4.78 is 1.15. The topological polar surface area (TPSA) is 0 Å². The predicted octanol–water partition coefficient (Wildman–Crippen LogP) is 7.67. The smallest absolute Gasteiger partial charge is 0.131 e. The molecule has 0 atom stereocenters. The second-order valence-electron chi connectivity index (χ2n) is 5.69. The Morgan fingerprint density at radius 3 is 1.32 bits per heavy atom. The summed E-state index contributed by atoms with van der Waals surface area (Å²) in [5, 5.41) is 0. The SMILES string of the molecule is CC1(C(Cl)Cl)SCCS1.CC1(C(SCCS)SCCS)SCCS1.SCCS. The van der Waals surface area contributed by atoms with E-state index in [1.165, 1.54) is 23.0 Å². The minimum absolute atomic E-state index is 0.0586. The molecule has 2 fully saturated rings. The molecule has 2 saturated heterocycles. The number of hydrogen-bond donors (Lipinski definition) is 4. The lowest BCUT2D eigenvalue weighted by Crippen LogP contribution is -2.26. The van der Waals surface area contributed by atoms with Gasteiger partial charge in [0.15, 0.2) is 0 Å². The fourth-order valence-electron chi connectivity index (χ4n) is 1.99. The highest BCUT2D eigenvalue weighted by molar-refractivity contribution is 8.26. The molecule has 0 amide bonds. The van der Waals surface area contributed by atoms with Gasteiger partial charge in [-0.25, -0.2) is 0 Å². The molecular weight excluding hydrogens is 584 g/mol. The van der Waals surface area contributed by atoms with E-state index in [1.807, 2.05) is 23.5 Å². The lowest BCUT2D eigenvalue weighted by Gasteiger charge is -2.31. The molecule has 0 unspecified atom stereocenters. The summed E-state index contributed by atoms with van der Waals surface area (Å²) in [5.74, 6) is 11.0. The van der Waals surface area contributed by atoms with Crippen molar-refractivity contribution in [1.82, 2.24) is 0 Å². The Hall–Kier alpha value is 4.08. The van der Waals surface area contributed by atoms with Crippen LogP contribution in [0.5, 0.6) is 0 Å². The monoisotopic (exact) mass is 614 g/mol. The van der Waals surface area contributed by atoms with Crippen LogP contribution in [0.4, 0.5) is 0 Å². The van der Waals surface area contributed by atoms with Gasteiger partial charge < -0.3 is 0 Å². The number of rotatable bonds is 9. The van der Waals surface area contributed by atoms with Crippen molar-refractivity contribution < 1.29 is 0 Å².